The van der Waals surface area contributed by atoms with Gasteiger partial charge in [0.2, 0.25) is 0 Å². The van der Waals surface area contributed by atoms with Gasteiger partial charge in [0.05, 0.1) is 15.2 Å². The van der Waals surface area contributed by atoms with Gasteiger partial charge in [0.1, 0.15) is 5.69 Å². The van der Waals surface area contributed by atoms with Crippen molar-refractivity contribution >= 4 is 46.3 Å². The van der Waals surface area contributed by atoms with Gasteiger partial charge < -0.3 is 0 Å². The number of rotatable bonds is 3. The molecule has 0 radical (unpaired) electrons. The van der Waals surface area contributed by atoms with Gasteiger partial charge in [-0.15, -0.1) is 0 Å². The van der Waals surface area contributed by atoms with E-state index >= 15 is 0 Å². The summed E-state index contributed by atoms with van der Waals surface area (Å²) >= 11 is 16.9. The van der Waals surface area contributed by atoms with Crippen LogP contribution >= 0.6 is 35.4 Å². The second-order valence-electron chi connectivity index (χ2n) is 5.87. The lowest BCUT2D eigenvalue weighted by molar-refractivity contribution is 1.14. The van der Waals surface area contributed by atoms with Gasteiger partial charge >= 0.3 is 0 Å². The number of hydrogen-bond acceptors (Lipinski definition) is 2. The predicted molar refractivity (Wildman–Crippen MR) is 118 cm³/mol. The van der Waals surface area contributed by atoms with Crippen molar-refractivity contribution < 1.29 is 0 Å². The Bertz CT molecular complexity index is 1050. The first-order valence-electron chi connectivity index (χ1n) is 8.39. The number of aliphatic imine (C=N–C) groups is 1. The SMILES string of the molecule is CCc1ccc(-c2ccc(C#Cc3cc(Cl)c(N=C=S)c(Cl)c3)cc2)cc1. The molecule has 0 N–H and O–H groups in total. The summed E-state index contributed by atoms with van der Waals surface area (Å²) in [4.78, 5) is 3.87. The maximum atomic E-state index is 6.17. The summed E-state index contributed by atoms with van der Waals surface area (Å²) in [7, 11) is 0. The molecule has 0 spiro atoms. The van der Waals surface area contributed by atoms with Crippen molar-refractivity contribution in [3.05, 3.63) is 87.4 Å². The molecule has 0 aliphatic carbocycles. The van der Waals surface area contributed by atoms with E-state index in [4.69, 9.17) is 23.2 Å². The maximum Gasteiger partial charge on any atom is 0.111 e. The van der Waals surface area contributed by atoms with Crippen LogP contribution < -0.4 is 0 Å². The van der Waals surface area contributed by atoms with Gasteiger partial charge in [-0.2, -0.15) is 4.99 Å². The summed E-state index contributed by atoms with van der Waals surface area (Å²) in [6.07, 6.45) is 1.04. The normalized spacial score (nSPS) is 9.89. The smallest absolute Gasteiger partial charge is 0.111 e. The van der Waals surface area contributed by atoms with Crippen LogP contribution in [-0.2, 0) is 6.42 Å². The Labute approximate surface area is 174 Å². The van der Waals surface area contributed by atoms with Crippen LogP contribution in [0.3, 0.4) is 0 Å². The van der Waals surface area contributed by atoms with Gasteiger partial charge in [0, 0.05) is 11.1 Å². The lowest BCUT2D eigenvalue weighted by Gasteiger charge is -2.03. The van der Waals surface area contributed by atoms with Gasteiger partial charge in [-0.05, 0) is 59.6 Å². The van der Waals surface area contributed by atoms with Crippen molar-refractivity contribution in [2.45, 2.75) is 13.3 Å². The standard InChI is InChI=1S/C23H15Cl2NS/c1-2-16-5-9-19(10-6-16)20-11-7-17(8-12-20)3-4-18-13-21(24)23(26-15-27)22(25)14-18/h5-14H,2H2,1H3. The van der Waals surface area contributed by atoms with Crippen LogP contribution in [-0.4, -0.2) is 5.16 Å². The van der Waals surface area contributed by atoms with Crippen molar-refractivity contribution in [3.63, 3.8) is 0 Å². The van der Waals surface area contributed by atoms with E-state index < -0.39 is 0 Å². The third-order valence-corrected chi connectivity index (χ3v) is 4.77. The molecule has 4 heteroatoms. The van der Waals surface area contributed by atoms with Crippen LogP contribution in [0.5, 0.6) is 0 Å². The second-order valence-corrected chi connectivity index (χ2v) is 6.87. The molecule has 0 aromatic heterocycles. The Balaban J connectivity index is 1.82. The monoisotopic (exact) mass is 407 g/mol. The zero-order chi connectivity index (χ0) is 19.2. The van der Waals surface area contributed by atoms with E-state index in [9.17, 15) is 0 Å². The summed E-state index contributed by atoms with van der Waals surface area (Å²) in [6.45, 7) is 2.15. The number of nitrogens with zero attached hydrogens (tertiary/aromatic N) is 1. The number of isothiocyanates is 1. The van der Waals surface area contributed by atoms with Gasteiger partial charge in [-0.25, -0.2) is 0 Å². The van der Waals surface area contributed by atoms with Gasteiger partial charge in [-0.1, -0.05) is 78.4 Å². The summed E-state index contributed by atoms with van der Waals surface area (Å²) in [6, 6.07) is 20.2. The number of halogens is 2. The molecule has 0 atom stereocenters. The Morgan fingerprint density at radius 2 is 1.33 bits per heavy atom. The first-order valence-corrected chi connectivity index (χ1v) is 9.55. The lowest BCUT2D eigenvalue weighted by Crippen LogP contribution is -1.82. The minimum Gasteiger partial charge on any atom is -0.192 e. The Morgan fingerprint density at radius 3 is 1.85 bits per heavy atom. The molecular formula is C23H15Cl2NS. The van der Waals surface area contributed by atoms with Gasteiger partial charge in [-0.3, -0.25) is 0 Å². The van der Waals surface area contributed by atoms with Crippen molar-refractivity contribution in [1.29, 1.82) is 0 Å². The van der Waals surface area contributed by atoms with E-state index in [1.165, 1.54) is 11.1 Å². The van der Waals surface area contributed by atoms with Crippen LogP contribution in [0.1, 0.15) is 23.6 Å². The molecule has 3 aromatic rings. The molecule has 0 saturated heterocycles. The van der Waals surface area contributed by atoms with E-state index in [-0.39, 0.29) is 0 Å². The van der Waals surface area contributed by atoms with Crippen LogP contribution in [0.15, 0.2) is 65.7 Å². The number of aryl methyl sites for hydroxylation is 1. The molecule has 0 saturated carbocycles. The molecule has 132 valence electrons. The van der Waals surface area contributed by atoms with Crippen molar-refractivity contribution in [2.24, 2.45) is 4.99 Å². The fourth-order valence-corrected chi connectivity index (χ4v) is 3.28. The number of hydrogen-bond donors (Lipinski definition) is 0. The van der Waals surface area contributed by atoms with Gasteiger partial charge in [0.25, 0.3) is 0 Å². The minimum absolute atomic E-state index is 0.398. The van der Waals surface area contributed by atoms with E-state index in [0.717, 1.165) is 17.5 Å². The average Bonchev–Trinajstić information content (AvgIpc) is 2.70. The molecule has 1 nitrogen and oxygen atoms in total. The highest BCUT2D eigenvalue weighted by atomic mass is 35.5. The highest BCUT2D eigenvalue weighted by Gasteiger charge is 2.06. The summed E-state index contributed by atoms with van der Waals surface area (Å²) in [5, 5.41) is 3.07. The highest BCUT2D eigenvalue weighted by Crippen LogP contribution is 2.33. The summed E-state index contributed by atoms with van der Waals surface area (Å²) < 4.78 is 0. The Hall–Kier alpha value is -2.40. The van der Waals surface area contributed by atoms with Crippen LogP contribution in [0.4, 0.5) is 5.69 Å². The third-order valence-electron chi connectivity index (χ3n) is 4.11. The molecule has 3 rings (SSSR count). The lowest BCUT2D eigenvalue weighted by atomic mass is 10.0. The molecule has 0 bridgehead atoms. The topological polar surface area (TPSA) is 12.4 Å². The molecule has 0 aliphatic rings. The third kappa shape index (κ3) is 4.86. The number of thiocarbonyl (C=S) groups is 1. The fraction of sp³-hybridized carbons (Fsp3) is 0.0870. The first kappa shape index (κ1) is 19.4. The molecule has 0 unspecified atom stereocenters. The van der Waals surface area contributed by atoms with Crippen molar-refractivity contribution in [2.75, 3.05) is 0 Å². The average molecular weight is 408 g/mol. The zero-order valence-corrected chi connectivity index (χ0v) is 16.9. The van der Waals surface area contributed by atoms with E-state index in [0.29, 0.717) is 21.3 Å². The molecule has 3 aromatic carbocycles. The zero-order valence-electron chi connectivity index (χ0n) is 14.6. The molecular weight excluding hydrogens is 393 g/mol. The van der Waals surface area contributed by atoms with Gasteiger partial charge in [0.15, 0.2) is 0 Å². The second kappa shape index (κ2) is 9.00. The summed E-state index contributed by atoms with van der Waals surface area (Å²) in [5.74, 6) is 6.21. The van der Waals surface area contributed by atoms with E-state index in [2.05, 4.69) is 77.5 Å². The van der Waals surface area contributed by atoms with Crippen LogP contribution in [0.25, 0.3) is 11.1 Å². The largest absolute Gasteiger partial charge is 0.192 e. The maximum absolute atomic E-state index is 6.17. The number of benzene rings is 3. The Morgan fingerprint density at radius 1 is 0.815 bits per heavy atom. The highest BCUT2D eigenvalue weighted by molar-refractivity contribution is 7.78. The molecule has 0 fully saturated rings. The van der Waals surface area contributed by atoms with E-state index in [1.54, 1.807) is 12.1 Å². The molecule has 0 heterocycles. The van der Waals surface area contributed by atoms with E-state index in [1.807, 2.05) is 12.1 Å². The first-order chi connectivity index (χ1) is 13.1. The van der Waals surface area contributed by atoms with Crippen LogP contribution in [0, 0.1) is 11.8 Å². The Kier molecular flexibility index (Phi) is 6.45. The molecule has 27 heavy (non-hydrogen) atoms. The fourth-order valence-electron chi connectivity index (χ4n) is 2.61. The molecule has 0 amide bonds. The quantitative estimate of drug-likeness (QED) is 0.251. The van der Waals surface area contributed by atoms with Crippen molar-refractivity contribution in [3.8, 4) is 23.0 Å². The van der Waals surface area contributed by atoms with Crippen molar-refractivity contribution in [1.82, 2.24) is 0 Å². The molecule has 0 aliphatic heterocycles. The minimum atomic E-state index is 0.398. The predicted octanol–water partition coefficient (Wildman–Crippen LogP) is 7.36. The summed E-state index contributed by atoms with van der Waals surface area (Å²) in [5.41, 5.74) is 5.74. The van der Waals surface area contributed by atoms with Crippen LogP contribution in [0.2, 0.25) is 10.0 Å².